The molecule has 0 aliphatic rings. The Morgan fingerprint density at radius 1 is 0.744 bits per heavy atom. The summed E-state index contributed by atoms with van der Waals surface area (Å²) in [5, 5.41) is 17.7. The third kappa shape index (κ3) is 10.5. The van der Waals surface area contributed by atoms with Crippen LogP contribution in [0.4, 0.5) is 0 Å². The Morgan fingerprint density at radius 3 is 1.74 bits per heavy atom. The molecule has 39 heavy (non-hydrogen) atoms. The monoisotopic (exact) mass is 538 g/mol. The molecular formula is C30H42N4O5. The maximum atomic E-state index is 13.5. The van der Waals surface area contributed by atoms with E-state index < -0.39 is 47.9 Å². The Kier molecular flexibility index (Phi) is 12.6. The van der Waals surface area contributed by atoms with Crippen LogP contribution in [-0.2, 0) is 32.0 Å². The van der Waals surface area contributed by atoms with Gasteiger partial charge in [0, 0.05) is 6.42 Å². The van der Waals surface area contributed by atoms with Crippen LogP contribution in [0.3, 0.4) is 0 Å². The SMILES string of the molecule is CCC(C)C(NC(=O)C(N)Cc1ccccc1)C(=O)NC(Cc1ccccc1)C(=O)NC(CC(C)C)C(=O)O. The highest BCUT2D eigenvalue weighted by atomic mass is 16.4. The van der Waals surface area contributed by atoms with Crippen LogP contribution in [0.1, 0.15) is 51.7 Å². The molecule has 0 saturated carbocycles. The molecule has 0 fully saturated rings. The molecule has 6 N–H and O–H groups in total. The molecule has 0 heterocycles. The zero-order valence-electron chi connectivity index (χ0n) is 23.2. The minimum absolute atomic E-state index is 0.0404. The fourth-order valence-corrected chi connectivity index (χ4v) is 4.21. The van der Waals surface area contributed by atoms with Crippen LogP contribution < -0.4 is 21.7 Å². The molecule has 0 saturated heterocycles. The van der Waals surface area contributed by atoms with Gasteiger partial charge in [-0.1, -0.05) is 94.8 Å². The standard InChI is InChI=1S/C30H42N4O5/c1-5-20(4)26(34-27(35)23(31)17-21-12-8-6-9-13-21)29(37)32-24(18-22-14-10-7-11-15-22)28(36)33-25(30(38)39)16-19(2)3/h6-15,19-20,23-26H,5,16-18,31H2,1-4H3,(H,32,37)(H,33,36)(H,34,35)(H,38,39). The molecule has 0 radical (unpaired) electrons. The first-order chi connectivity index (χ1) is 18.5. The van der Waals surface area contributed by atoms with Crippen molar-refractivity contribution in [2.24, 2.45) is 17.6 Å². The number of rotatable bonds is 15. The van der Waals surface area contributed by atoms with Crippen molar-refractivity contribution in [2.75, 3.05) is 0 Å². The van der Waals surface area contributed by atoms with Gasteiger partial charge >= 0.3 is 5.97 Å². The molecule has 9 nitrogen and oxygen atoms in total. The molecule has 0 spiro atoms. The molecule has 0 aliphatic carbocycles. The van der Waals surface area contributed by atoms with Crippen molar-refractivity contribution in [3.05, 3.63) is 71.8 Å². The molecule has 3 amide bonds. The van der Waals surface area contributed by atoms with Gasteiger partial charge in [-0.3, -0.25) is 14.4 Å². The third-order valence-electron chi connectivity index (χ3n) is 6.67. The van der Waals surface area contributed by atoms with Gasteiger partial charge < -0.3 is 26.8 Å². The molecule has 0 bridgehead atoms. The number of nitrogens with two attached hydrogens (primary N) is 1. The summed E-state index contributed by atoms with van der Waals surface area (Å²) in [5.74, 6) is -2.94. The van der Waals surface area contributed by atoms with Crippen molar-refractivity contribution in [1.29, 1.82) is 0 Å². The highest BCUT2D eigenvalue weighted by Gasteiger charge is 2.32. The number of nitrogens with one attached hydrogen (secondary N) is 3. The summed E-state index contributed by atoms with van der Waals surface area (Å²) in [7, 11) is 0. The molecule has 9 heteroatoms. The summed E-state index contributed by atoms with van der Waals surface area (Å²) in [5.41, 5.74) is 7.85. The minimum atomic E-state index is -1.14. The van der Waals surface area contributed by atoms with E-state index in [2.05, 4.69) is 16.0 Å². The summed E-state index contributed by atoms with van der Waals surface area (Å²) >= 11 is 0. The number of carbonyl (C=O) groups excluding carboxylic acids is 3. The molecule has 0 aromatic heterocycles. The van der Waals surface area contributed by atoms with Crippen molar-refractivity contribution < 1.29 is 24.3 Å². The molecular weight excluding hydrogens is 496 g/mol. The lowest BCUT2D eigenvalue weighted by Gasteiger charge is -2.28. The lowest BCUT2D eigenvalue weighted by molar-refractivity contribution is -0.142. The summed E-state index contributed by atoms with van der Waals surface area (Å²) in [4.78, 5) is 51.5. The topological polar surface area (TPSA) is 151 Å². The van der Waals surface area contributed by atoms with E-state index in [1.54, 1.807) is 0 Å². The minimum Gasteiger partial charge on any atom is -0.480 e. The average Bonchev–Trinajstić information content (AvgIpc) is 2.91. The predicted octanol–water partition coefficient (Wildman–Crippen LogP) is 2.43. The van der Waals surface area contributed by atoms with Crippen LogP contribution in [0.5, 0.6) is 0 Å². The average molecular weight is 539 g/mol. The Morgan fingerprint density at radius 2 is 1.26 bits per heavy atom. The predicted molar refractivity (Wildman–Crippen MR) is 151 cm³/mol. The van der Waals surface area contributed by atoms with E-state index in [0.717, 1.165) is 11.1 Å². The Balaban J connectivity index is 2.21. The first-order valence-electron chi connectivity index (χ1n) is 13.5. The Labute approximate surface area is 230 Å². The maximum Gasteiger partial charge on any atom is 0.326 e. The van der Waals surface area contributed by atoms with Gasteiger partial charge in [0.05, 0.1) is 6.04 Å². The van der Waals surface area contributed by atoms with E-state index in [-0.39, 0.29) is 24.7 Å². The molecule has 2 aromatic rings. The van der Waals surface area contributed by atoms with Crippen molar-refractivity contribution >= 4 is 23.7 Å². The number of carboxylic acids is 1. The number of hydrogen-bond acceptors (Lipinski definition) is 5. The van der Waals surface area contributed by atoms with Crippen molar-refractivity contribution in [2.45, 2.75) is 77.5 Å². The second-order valence-electron chi connectivity index (χ2n) is 10.4. The molecule has 0 aliphatic heterocycles. The van der Waals surface area contributed by atoms with E-state index >= 15 is 0 Å². The van der Waals surface area contributed by atoms with Gasteiger partial charge in [0.25, 0.3) is 0 Å². The lowest BCUT2D eigenvalue weighted by atomic mass is 9.96. The number of carboxylic acid groups (broad SMARTS) is 1. The van der Waals surface area contributed by atoms with Gasteiger partial charge in [0.15, 0.2) is 0 Å². The van der Waals surface area contributed by atoms with E-state index in [1.165, 1.54) is 0 Å². The molecule has 2 rings (SSSR count). The van der Waals surface area contributed by atoms with Gasteiger partial charge in [-0.2, -0.15) is 0 Å². The number of carbonyl (C=O) groups is 4. The fraction of sp³-hybridized carbons (Fsp3) is 0.467. The van der Waals surface area contributed by atoms with Crippen LogP contribution >= 0.6 is 0 Å². The molecule has 2 aromatic carbocycles. The lowest BCUT2D eigenvalue weighted by Crippen LogP contribution is -2.59. The highest BCUT2D eigenvalue weighted by Crippen LogP contribution is 2.12. The molecule has 5 unspecified atom stereocenters. The fourth-order valence-electron chi connectivity index (χ4n) is 4.21. The molecule has 212 valence electrons. The van der Waals surface area contributed by atoms with Gasteiger partial charge in [0.1, 0.15) is 18.1 Å². The van der Waals surface area contributed by atoms with Crippen LogP contribution in [0.25, 0.3) is 0 Å². The quantitative estimate of drug-likeness (QED) is 0.235. The zero-order chi connectivity index (χ0) is 28.9. The highest BCUT2D eigenvalue weighted by molar-refractivity contribution is 5.94. The van der Waals surface area contributed by atoms with E-state index in [9.17, 15) is 24.3 Å². The van der Waals surface area contributed by atoms with Gasteiger partial charge in [-0.15, -0.1) is 0 Å². The van der Waals surface area contributed by atoms with E-state index in [1.807, 2.05) is 88.4 Å². The van der Waals surface area contributed by atoms with E-state index in [4.69, 9.17) is 5.73 Å². The largest absolute Gasteiger partial charge is 0.480 e. The first-order valence-corrected chi connectivity index (χ1v) is 13.5. The molecule has 5 atom stereocenters. The third-order valence-corrected chi connectivity index (χ3v) is 6.67. The van der Waals surface area contributed by atoms with Gasteiger partial charge in [0.2, 0.25) is 17.7 Å². The van der Waals surface area contributed by atoms with Crippen molar-refractivity contribution in [3.63, 3.8) is 0 Å². The Bertz CT molecular complexity index is 1080. The van der Waals surface area contributed by atoms with E-state index in [0.29, 0.717) is 12.8 Å². The second-order valence-corrected chi connectivity index (χ2v) is 10.4. The summed E-state index contributed by atoms with van der Waals surface area (Å²) in [6.07, 6.45) is 1.31. The smallest absolute Gasteiger partial charge is 0.326 e. The normalized spacial score (nSPS) is 14.9. The van der Waals surface area contributed by atoms with Crippen LogP contribution in [-0.4, -0.2) is 53.0 Å². The number of amides is 3. The van der Waals surface area contributed by atoms with Crippen LogP contribution in [0, 0.1) is 11.8 Å². The van der Waals surface area contributed by atoms with Crippen LogP contribution in [0.2, 0.25) is 0 Å². The number of aliphatic carboxylic acids is 1. The Hall–Kier alpha value is -3.72. The number of hydrogen-bond donors (Lipinski definition) is 5. The summed E-state index contributed by atoms with van der Waals surface area (Å²) in [6.45, 7) is 7.47. The summed E-state index contributed by atoms with van der Waals surface area (Å²) in [6, 6.07) is 14.6. The van der Waals surface area contributed by atoms with Gasteiger partial charge in [-0.25, -0.2) is 4.79 Å². The number of benzene rings is 2. The zero-order valence-corrected chi connectivity index (χ0v) is 23.2. The summed E-state index contributed by atoms with van der Waals surface area (Å²) < 4.78 is 0. The maximum absolute atomic E-state index is 13.5. The van der Waals surface area contributed by atoms with Gasteiger partial charge in [-0.05, 0) is 35.8 Å². The van der Waals surface area contributed by atoms with Crippen molar-refractivity contribution in [3.8, 4) is 0 Å². The van der Waals surface area contributed by atoms with Crippen molar-refractivity contribution in [1.82, 2.24) is 16.0 Å². The van der Waals surface area contributed by atoms with Crippen LogP contribution in [0.15, 0.2) is 60.7 Å². The first kappa shape index (κ1) is 31.5. The second kappa shape index (κ2) is 15.6.